The Balaban J connectivity index is 1.93. The molecule has 2 saturated heterocycles. The van der Waals surface area contributed by atoms with Crippen molar-refractivity contribution in [2.75, 3.05) is 14.2 Å². The molecule has 2 fully saturated rings. The molecule has 0 radical (unpaired) electrons. The highest BCUT2D eigenvalue weighted by molar-refractivity contribution is 9.10. The molecule has 2 bridgehead atoms. The van der Waals surface area contributed by atoms with Crippen molar-refractivity contribution >= 4 is 21.7 Å². The van der Waals surface area contributed by atoms with Gasteiger partial charge < -0.3 is 14.8 Å². The molecule has 108 valence electrons. The molecule has 3 rings (SSSR count). The number of halogens is 1. The monoisotopic (exact) mass is 339 g/mol. The molecule has 4 nitrogen and oxygen atoms in total. The number of methoxy groups -OCH3 is 2. The van der Waals surface area contributed by atoms with Gasteiger partial charge in [-0.2, -0.15) is 0 Å². The van der Waals surface area contributed by atoms with Crippen molar-refractivity contribution in [3.63, 3.8) is 0 Å². The number of nitrogens with one attached hydrogen (secondary N) is 1. The quantitative estimate of drug-likeness (QED) is 0.857. The molecule has 5 heteroatoms. The van der Waals surface area contributed by atoms with E-state index in [0.29, 0.717) is 33.6 Å². The minimum absolute atomic E-state index is 0.0722. The molecule has 2 aliphatic heterocycles. The van der Waals surface area contributed by atoms with Gasteiger partial charge in [-0.15, -0.1) is 0 Å². The van der Waals surface area contributed by atoms with Crippen molar-refractivity contribution in [1.82, 2.24) is 5.32 Å². The zero-order valence-corrected chi connectivity index (χ0v) is 13.2. The minimum atomic E-state index is 0.0722. The van der Waals surface area contributed by atoms with E-state index in [2.05, 4.69) is 21.2 Å². The highest BCUT2D eigenvalue weighted by Crippen LogP contribution is 2.41. The number of rotatable bonds is 4. The Hall–Kier alpha value is -1.07. The molecule has 1 aromatic carbocycles. The third-order valence-corrected chi connectivity index (χ3v) is 5.14. The van der Waals surface area contributed by atoms with Crippen LogP contribution in [0.15, 0.2) is 16.6 Å². The molecule has 0 aliphatic carbocycles. The molecule has 0 aromatic heterocycles. The molecule has 0 spiro atoms. The summed E-state index contributed by atoms with van der Waals surface area (Å²) in [5, 5.41) is 3.51. The third kappa shape index (κ3) is 2.13. The van der Waals surface area contributed by atoms with Crippen molar-refractivity contribution < 1.29 is 14.3 Å². The Morgan fingerprint density at radius 1 is 1.30 bits per heavy atom. The van der Waals surface area contributed by atoms with Crippen molar-refractivity contribution in [3.8, 4) is 11.5 Å². The number of ketones is 1. The van der Waals surface area contributed by atoms with Crippen LogP contribution in [0, 0.1) is 5.92 Å². The average molecular weight is 340 g/mol. The molecular formula is C15H18BrNO3. The normalized spacial score (nSPS) is 27.6. The fraction of sp³-hybridized carbons (Fsp3) is 0.533. The Morgan fingerprint density at radius 3 is 2.65 bits per heavy atom. The second kappa shape index (κ2) is 5.37. The van der Waals surface area contributed by atoms with Crippen LogP contribution in [0.1, 0.15) is 29.6 Å². The van der Waals surface area contributed by atoms with Gasteiger partial charge in [0.1, 0.15) is 16.0 Å². The number of fused-ring (bicyclic) bond motifs is 2. The van der Waals surface area contributed by atoms with Gasteiger partial charge in [0, 0.05) is 18.0 Å². The Kier molecular flexibility index (Phi) is 3.73. The van der Waals surface area contributed by atoms with Gasteiger partial charge in [0.05, 0.1) is 19.8 Å². The van der Waals surface area contributed by atoms with Gasteiger partial charge in [0.15, 0.2) is 5.78 Å². The van der Waals surface area contributed by atoms with Gasteiger partial charge in [-0.05, 0) is 47.3 Å². The lowest BCUT2D eigenvalue weighted by molar-refractivity contribution is 0.0897. The molecule has 0 amide bonds. The van der Waals surface area contributed by atoms with Gasteiger partial charge in [-0.1, -0.05) is 0 Å². The molecule has 0 saturated carbocycles. The van der Waals surface area contributed by atoms with Crippen LogP contribution in [0.2, 0.25) is 0 Å². The number of hydrogen-bond acceptors (Lipinski definition) is 4. The first-order valence-electron chi connectivity index (χ1n) is 6.86. The second-order valence-electron chi connectivity index (χ2n) is 5.42. The fourth-order valence-corrected chi connectivity index (χ4v) is 4.07. The highest BCUT2D eigenvalue weighted by Gasteiger charge is 2.43. The molecule has 1 N–H and O–H groups in total. The van der Waals surface area contributed by atoms with Crippen LogP contribution in [0.3, 0.4) is 0 Å². The van der Waals surface area contributed by atoms with Crippen molar-refractivity contribution in [2.45, 2.75) is 31.3 Å². The maximum atomic E-state index is 12.8. The van der Waals surface area contributed by atoms with E-state index >= 15 is 0 Å². The number of carbonyl (C=O) groups excluding carboxylic acids is 1. The Morgan fingerprint density at radius 2 is 2.10 bits per heavy atom. The van der Waals surface area contributed by atoms with Crippen LogP contribution >= 0.6 is 15.9 Å². The van der Waals surface area contributed by atoms with Gasteiger partial charge in [-0.25, -0.2) is 0 Å². The zero-order chi connectivity index (χ0) is 14.3. The molecule has 2 heterocycles. The lowest BCUT2D eigenvalue weighted by Gasteiger charge is -2.20. The smallest absolute Gasteiger partial charge is 0.171 e. The summed E-state index contributed by atoms with van der Waals surface area (Å²) in [6.45, 7) is 0. The predicted octanol–water partition coefficient (Wildman–Crippen LogP) is 2.79. The maximum Gasteiger partial charge on any atom is 0.171 e. The number of benzene rings is 1. The molecular weight excluding hydrogens is 322 g/mol. The summed E-state index contributed by atoms with van der Waals surface area (Å²) in [6.07, 6.45) is 3.23. The minimum Gasteiger partial charge on any atom is -0.495 e. The summed E-state index contributed by atoms with van der Waals surface area (Å²) >= 11 is 3.45. The topological polar surface area (TPSA) is 47.6 Å². The van der Waals surface area contributed by atoms with Crippen LogP contribution in [0.25, 0.3) is 0 Å². The van der Waals surface area contributed by atoms with Crippen molar-refractivity contribution in [3.05, 3.63) is 22.2 Å². The Labute approximate surface area is 127 Å². The van der Waals surface area contributed by atoms with Crippen LogP contribution in [-0.4, -0.2) is 32.1 Å². The van der Waals surface area contributed by atoms with E-state index in [1.165, 1.54) is 6.42 Å². The van der Waals surface area contributed by atoms with Crippen molar-refractivity contribution in [1.29, 1.82) is 0 Å². The first-order chi connectivity index (χ1) is 9.65. The predicted molar refractivity (Wildman–Crippen MR) is 79.6 cm³/mol. The number of hydrogen-bond donors (Lipinski definition) is 1. The summed E-state index contributed by atoms with van der Waals surface area (Å²) in [7, 11) is 3.18. The van der Waals surface area contributed by atoms with Gasteiger partial charge in [0.2, 0.25) is 0 Å². The first-order valence-corrected chi connectivity index (χ1v) is 7.65. The van der Waals surface area contributed by atoms with Crippen LogP contribution in [0.5, 0.6) is 11.5 Å². The van der Waals surface area contributed by atoms with E-state index in [4.69, 9.17) is 9.47 Å². The lowest BCUT2D eigenvalue weighted by Crippen LogP contribution is -2.29. The molecule has 3 unspecified atom stereocenters. The van der Waals surface area contributed by atoms with Crippen molar-refractivity contribution in [2.24, 2.45) is 5.92 Å². The molecule has 3 atom stereocenters. The average Bonchev–Trinajstić information content (AvgIpc) is 3.08. The van der Waals surface area contributed by atoms with Crippen LogP contribution in [0.4, 0.5) is 0 Å². The molecule has 1 aromatic rings. The summed E-state index contributed by atoms with van der Waals surface area (Å²) in [5.74, 6) is 1.48. The SMILES string of the molecule is COc1ccc(C(=O)C2CC3CCC2N3)c(OC)c1Br. The second-order valence-corrected chi connectivity index (χ2v) is 6.21. The highest BCUT2D eigenvalue weighted by atomic mass is 79.9. The first kappa shape index (κ1) is 13.9. The Bertz CT molecular complexity index is 546. The van der Waals surface area contributed by atoms with E-state index in [1.54, 1.807) is 26.4 Å². The van der Waals surface area contributed by atoms with E-state index in [1.807, 2.05) is 0 Å². The maximum absolute atomic E-state index is 12.8. The largest absolute Gasteiger partial charge is 0.495 e. The fourth-order valence-electron chi connectivity index (χ4n) is 3.40. The summed E-state index contributed by atoms with van der Waals surface area (Å²) in [6, 6.07) is 4.46. The summed E-state index contributed by atoms with van der Waals surface area (Å²) < 4.78 is 11.4. The molecule has 2 aliphatic rings. The van der Waals surface area contributed by atoms with E-state index in [9.17, 15) is 4.79 Å². The van der Waals surface area contributed by atoms with Crippen LogP contribution in [-0.2, 0) is 0 Å². The van der Waals surface area contributed by atoms with Crippen LogP contribution < -0.4 is 14.8 Å². The van der Waals surface area contributed by atoms with E-state index < -0.39 is 0 Å². The van der Waals surface area contributed by atoms with Gasteiger partial charge in [-0.3, -0.25) is 4.79 Å². The summed E-state index contributed by atoms with van der Waals surface area (Å²) in [5.41, 5.74) is 0.638. The standard InChI is InChI=1S/C15H18BrNO3/c1-19-12-6-4-9(15(20-2)13(12)16)14(18)10-7-8-3-5-11(10)17-8/h4,6,8,10-11,17H,3,5,7H2,1-2H3. The van der Waals surface area contributed by atoms with Gasteiger partial charge >= 0.3 is 0 Å². The van der Waals surface area contributed by atoms with E-state index in [-0.39, 0.29) is 11.7 Å². The van der Waals surface area contributed by atoms with E-state index in [0.717, 1.165) is 12.8 Å². The van der Waals surface area contributed by atoms with Gasteiger partial charge in [0.25, 0.3) is 0 Å². The summed E-state index contributed by atoms with van der Waals surface area (Å²) in [4.78, 5) is 12.8. The zero-order valence-electron chi connectivity index (χ0n) is 11.6. The number of carbonyl (C=O) groups is 1. The third-order valence-electron chi connectivity index (χ3n) is 4.39. The number of Topliss-reactive ketones (excluding diaryl/α,β-unsaturated/α-hetero) is 1. The molecule has 20 heavy (non-hydrogen) atoms. The lowest BCUT2D eigenvalue weighted by atomic mass is 9.83. The number of ether oxygens (including phenoxy) is 2.